The highest BCUT2D eigenvalue weighted by Gasteiger charge is 2.31. The van der Waals surface area contributed by atoms with Crippen molar-refractivity contribution < 1.29 is 17.7 Å². The first-order valence-electron chi connectivity index (χ1n) is 10.0. The Morgan fingerprint density at radius 2 is 1.84 bits per heavy atom. The van der Waals surface area contributed by atoms with Crippen LogP contribution in [-0.2, 0) is 12.7 Å². The van der Waals surface area contributed by atoms with Crippen LogP contribution in [0.4, 0.5) is 13.2 Å². The number of nitrogens with zero attached hydrogens (tertiary/aromatic N) is 4. The van der Waals surface area contributed by atoms with E-state index >= 15 is 0 Å². The first kappa shape index (κ1) is 20.1. The summed E-state index contributed by atoms with van der Waals surface area (Å²) in [7, 11) is 0. The summed E-state index contributed by atoms with van der Waals surface area (Å²) in [4.78, 5) is 11.3. The second-order valence-electron chi connectivity index (χ2n) is 7.66. The van der Waals surface area contributed by atoms with Crippen LogP contribution in [0.5, 0.6) is 0 Å². The van der Waals surface area contributed by atoms with Crippen molar-refractivity contribution in [1.82, 2.24) is 20.0 Å². The molecule has 5 nitrogen and oxygen atoms in total. The van der Waals surface area contributed by atoms with E-state index in [1.165, 1.54) is 15.8 Å². The van der Waals surface area contributed by atoms with E-state index in [0.29, 0.717) is 23.9 Å². The number of rotatable bonds is 4. The molecule has 0 radical (unpaired) electrons. The number of piperidine rings is 1. The monoisotopic (exact) mass is 444 g/mol. The SMILES string of the molecule is FC(F)(F)c1cccc(-c2noc(CN3CCC(c4nc5ccccc5s4)CC3)n2)c1. The fourth-order valence-electron chi connectivity index (χ4n) is 3.86. The Bertz CT molecular complexity index is 1160. The first-order chi connectivity index (χ1) is 15.0. The number of hydrogen-bond acceptors (Lipinski definition) is 6. The third-order valence-corrected chi connectivity index (χ3v) is 6.72. The second kappa shape index (κ2) is 8.05. The molecule has 1 fully saturated rings. The van der Waals surface area contributed by atoms with Gasteiger partial charge in [-0.15, -0.1) is 11.3 Å². The van der Waals surface area contributed by atoms with E-state index in [-0.39, 0.29) is 5.82 Å². The number of thiazole rings is 1. The van der Waals surface area contributed by atoms with Crippen LogP contribution in [0.1, 0.15) is 35.2 Å². The van der Waals surface area contributed by atoms with Gasteiger partial charge >= 0.3 is 6.18 Å². The van der Waals surface area contributed by atoms with E-state index in [1.54, 1.807) is 17.4 Å². The summed E-state index contributed by atoms with van der Waals surface area (Å²) in [5.41, 5.74) is 0.616. The largest absolute Gasteiger partial charge is 0.416 e. The molecule has 0 unspecified atom stereocenters. The average Bonchev–Trinajstić information content (AvgIpc) is 3.41. The standard InChI is InChI=1S/C22H19F3N4OS/c23-22(24,25)16-5-3-4-15(12-16)20-27-19(30-28-20)13-29-10-8-14(9-11-29)21-26-17-6-1-2-7-18(17)31-21/h1-7,12,14H,8-11,13H2. The minimum Gasteiger partial charge on any atom is -0.338 e. The molecule has 4 aromatic rings. The summed E-state index contributed by atoms with van der Waals surface area (Å²) >= 11 is 1.76. The quantitative estimate of drug-likeness (QED) is 0.402. The smallest absolute Gasteiger partial charge is 0.338 e. The minimum atomic E-state index is -4.41. The lowest BCUT2D eigenvalue weighted by atomic mass is 9.97. The molecule has 160 valence electrons. The predicted molar refractivity (Wildman–Crippen MR) is 112 cm³/mol. The fraction of sp³-hybridized carbons (Fsp3) is 0.318. The Labute approximate surface area is 180 Å². The van der Waals surface area contributed by atoms with Gasteiger partial charge in [0, 0.05) is 11.5 Å². The number of fused-ring (bicyclic) bond motifs is 1. The summed E-state index contributed by atoms with van der Waals surface area (Å²) in [6, 6.07) is 13.1. The van der Waals surface area contributed by atoms with Crippen molar-refractivity contribution in [2.24, 2.45) is 0 Å². The Kier molecular flexibility index (Phi) is 5.23. The molecule has 31 heavy (non-hydrogen) atoms. The minimum absolute atomic E-state index is 0.172. The molecule has 2 aromatic heterocycles. The van der Waals surface area contributed by atoms with E-state index in [1.807, 2.05) is 18.2 Å². The van der Waals surface area contributed by atoms with Crippen molar-refractivity contribution in [1.29, 1.82) is 0 Å². The summed E-state index contributed by atoms with van der Waals surface area (Å²) < 4.78 is 45.3. The van der Waals surface area contributed by atoms with Crippen molar-refractivity contribution >= 4 is 21.6 Å². The maximum atomic E-state index is 12.9. The van der Waals surface area contributed by atoms with E-state index < -0.39 is 11.7 Å². The molecular weight excluding hydrogens is 425 g/mol. The van der Waals surface area contributed by atoms with E-state index in [4.69, 9.17) is 9.51 Å². The zero-order valence-corrected chi connectivity index (χ0v) is 17.3. The molecular formula is C22H19F3N4OS. The molecule has 1 saturated heterocycles. The molecule has 0 spiro atoms. The third kappa shape index (κ3) is 4.33. The van der Waals surface area contributed by atoms with Crippen LogP contribution in [0.2, 0.25) is 0 Å². The van der Waals surface area contributed by atoms with Crippen molar-refractivity contribution in [3.8, 4) is 11.4 Å². The van der Waals surface area contributed by atoms with Crippen molar-refractivity contribution in [3.63, 3.8) is 0 Å². The summed E-state index contributed by atoms with van der Waals surface area (Å²) in [6.07, 6.45) is -2.42. The molecule has 0 N–H and O–H groups in total. The van der Waals surface area contributed by atoms with Gasteiger partial charge in [-0.3, -0.25) is 4.90 Å². The lowest BCUT2D eigenvalue weighted by Crippen LogP contribution is -2.32. The maximum Gasteiger partial charge on any atom is 0.416 e. The van der Waals surface area contributed by atoms with Gasteiger partial charge in [0.2, 0.25) is 11.7 Å². The van der Waals surface area contributed by atoms with Gasteiger partial charge in [-0.2, -0.15) is 18.2 Å². The molecule has 0 bridgehead atoms. The zero-order chi connectivity index (χ0) is 21.4. The third-order valence-electron chi connectivity index (χ3n) is 5.52. The average molecular weight is 444 g/mol. The first-order valence-corrected chi connectivity index (χ1v) is 10.9. The van der Waals surface area contributed by atoms with Gasteiger partial charge in [-0.05, 0) is 50.2 Å². The Morgan fingerprint density at radius 3 is 2.61 bits per heavy atom. The highest BCUT2D eigenvalue weighted by atomic mass is 32.1. The predicted octanol–water partition coefficient (Wildman–Crippen LogP) is 5.74. The highest BCUT2D eigenvalue weighted by Crippen LogP contribution is 2.34. The normalized spacial score (nSPS) is 16.2. The van der Waals surface area contributed by atoms with Gasteiger partial charge in [0.15, 0.2) is 0 Å². The van der Waals surface area contributed by atoms with Gasteiger partial charge in [-0.25, -0.2) is 4.98 Å². The lowest BCUT2D eigenvalue weighted by molar-refractivity contribution is -0.137. The summed E-state index contributed by atoms with van der Waals surface area (Å²) in [5, 5.41) is 5.06. The molecule has 0 atom stereocenters. The maximum absolute atomic E-state index is 12.9. The molecule has 1 aliphatic heterocycles. The van der Waals surface area contributed by atoms with Crippen LogP contribution in [0.3, 0.4) is 0 Å². The molecule has 0 saturated carbocycles. The molecule has 2 aromatic carbocycles. The van der Waals surface area contributed by atoms with Gasteiger partial charge in [-0.1, -0.05) is 29.4 Å². The number of aromatic nitrogens is 3. The van der Waals surface area contributed by atoms with Gasteiger partial charge in [0.05, 0.1) is 27.3 Å². The zero-order valence-electron chi connectivity index (χ0n) is 16.5. The molecule has 0 aliphatic carbocycles. The summed E-state index contributed by atoms with van der Waals surface area (Å²) in [6.45, 7) is 2.24. The van der Waals surface area contributed by atoms with Gasteiger partial charge in [0.25, 0.3) is 0 Å². The Morgan fingerprint density at radius 1 is 1.03 bits per heavy atom. The molecule has 3 heterocycles. The number of alkyl halides is 3. The number of para-hydroxylation sites is 1. The summed E-state index contributed by atoms with van der Waals surface area (Å²) in [5.74, 6) is 1.02. The lowest BCUT2D eigenvalue weighted by Gasteiger charge is -2.29. The van der Waals surface area contributed by atoms with E-state index in [9.17, 15) is 13.2 Å². The van der Waals surface area contributed by atoms with Gasteiger partial charge in [0.1, 0.15) is 0 Å². The van der Waals surface area contributed by atoms with Crippen LogP contribution in [0, 0.1) is 0 Å². The van der Waals surface area contributed by atoms with Crippen LogP contribution in [-0.4, -0.2) is 33.1 Å². The number of halogens is 3. The van der Waals surface area contributed by atoms with E-state index in [2.05, 4.69) is 21.1 Å². The molecule has 9 heteroatoms. The fourth-order valence-corrected chi connectivity index (χ4v) is 5.00. The second-order valence-corrected chi connectivity index (χ2v) is 8.72. The topological polar surface area (TPSA) is 55.1 Å². The Balaban J connectivity index is 1.22. The number of hydrogen-bond donors (Lipinski definition) is 0. The Hall–Kier alpha value is -2.78. The molecule has 0 amide bonds. The van der Waals surface area contributed by atoms with Gasteiger partial charge < -0.3 is 4.52 Å². The highest BCUT2D eigenvalue weighted by molar-refractivity contribution is 7.18. The molecule has 5 rings (SSSR count). The number of benzene rings is 2. The van der Waals surface area contributed by atoms with Crippen LogP contribution >= 0.6 is 11.3 Å². The van der Waals surface area contributed by atoms with Crippen LogP contribution < -0.4 is 0 Å². The molecule has 1 aliphatic rings. The van der Waals surface area contributed by atoms with Crippen molar-refractivity contribution in [2.75, 3.05) is 13.1 Å². The van der Waals surface area contributed by atoms with E-state index in [0.717, 1.165) is 43.6 Å². The van der Waals surface area contributed by atoms with Crippen molar-refractivity contribution in [2.45, 2.75) is 31.5 Å². The van der Waals surface area contributed by atoms with Crippen LogP contribution in [0.15, 0.2) is 53.1 Å². The number of likely N-dealkylation sites (tertiary alicyclic amines) is 1. The van der Waals surface area contributed by atoms with Crippen molar-refractivity contribution in [3.05, 3.63) is 65.0 Å². The van der Waals surface area contributed by atoms with Crippen LogP contribution in [0.25, 0.3) is 21.6 Å².